The first-order valence-electron chi connectivity index (χ1n) is 5.70. The molecular weight excluding hydrogens is 206 g/mol. The van der Waals surface area contributed by atoms with E-state index in [-0.39, 0.29) is 24.4 Å². The van der Waals surface area contributed by atoms with E-state index in [0.717, 1.165) is 6.54 Å². The molecule has 92 valence electrons. The molecule has 0 saturated carbocycles. The van der Waals surface area contributed by atoms with Crippen molar-refractivity contribution < 1.29 is 9.59 Å². The molecule has 5 heteroatoms. The fourth-order valence-electron chi connectivity index (χ4n) is 1.66. The summed E-state index contributed by atoms with van der Waals surface area (Å²) in [5, 5.41) is 3.30. The van der Waals surface area contributed by atoms with Crippen LogP contribution in [0.15, 0.2) is 0 Å². The van der Waals surface area contributed by atoms with Gasteiger partial charge in [0.15, 0.2) is 0 Å². The number of carbonyl (C=O) groups is 2. The highest BCUT2D eigenvalue weighted by Crippen LogP contribution is 2.10. The number of imide groups is 1. The lowest BCUT2D eigenvalue weighted by Gasteiger charge is -2.20. The molecule has 0 radical (unpaired) electrons. The molecule has 1 atom stereocenters. The molecule has 0 bridgehead atoms. The third-order valence-electron chi connectivity index (χ3n) is 2.60. The lowest BCUT2D eigenvalue weighted by atomic mass is 10.1. The monoisotopic (exact) mass is 227 g/mol. The van der Waals surface area contributed by atoms with Gasteiger partial charge in [0.25, 0.3) is 0 Å². The molecule has 0 spiro atoms. The van der Waals surface area contributed by atoms with E-state index < -0.39 is 0 Å². The zero-order chi connectivity index (χ0) is 12.3. The van der Waals surface area contributed by atoms with Gasteiger partial charge >= 0.3 is 6.03 Å². The van der Waals surface area contributed by atoms with Crippen LogP contribution in [0.4, 0.5) is 4.79 Å². The van der Waals surface area contributed by atoms with Crippen molar-refractivity contribution in [2.24, 2.45) is 5.92 Å². The number of hydrogen-bond donors (Lipinski definition) is 1. The minimum atomic E-state index is -0.179. The Labute approximate surface area is 96.8 Å². The van der Waals surface area contributed by atoms with Crippen molar-refractivity contribution in [2.75, 3.05) is 26.7 Å². The molecule has 0 aromatic rings. The lowest BCUT2D eigenvalue weighted by molar-refractivity contribution is -0.125. The highest BCUT2D eigenvalue weighted by atomic mass is 16.2. The Morgan fingerprint density at radius 1 is 1.31 bits per heavy atom. The summed E-state index contributed by atoms with van der Waals surface area (Å²) in [6.45, 7) is 7.72. The van der Waals surface area contributed by atoms with Gasteiger partial charge in [0.2, 0.25) is 5.91 Å². The summed E-state index contributed by atoms with van der Waals surface area (Å²) in [7, 11) is 1.65. The molecule has 5 nitrogen and oxygen atoms in total. The van der Waals surface area contributed by atoms with E-state index in [1.54, 1.807) is 7.05 Å². The second-order valence-corrected chi connectivity index (χ2v) is 4.81. The second kappa shape index (κ2) is 5.30. The van der Waals surface area contributed by atoms with E-state index >= 15 is 0 Å². The summed E-state index contributed by atoms with van der Waals surface area (Å²) in [5.41, 5.74) is 0. The van der Waals surface area contributed by atoms with Crippen LogP contribution in [-0.2, 0) is 4.79 Å². The lowest BCUT2D eigenvalue weighted by Crippen LogP contribution is -2.39. The number of carbonyl (C=O) groups excluding carboxylic acids is 2. The van der Waals surface area contributed by atoms with Crippen molar-refractivity contribution in [3.63, 3.8) is 0 Å². The van der Waals surface area contributed by atoms with Crippen molar-refractivity contribution in [3.8, 4) is 0 Å². The van der Waals surface area contributed by atoms with Crippen molar-refractivity contribution in [1.82, 2.24) is 15.1 Å². The molecular formula is C11H21N3O2. The zero-order valence-electron chi connectivity index (χ0n) is 10.5. The van der Waals surface area contributed by atoms with E-state index in [4.69, 9.17) is 0 Å². The molecule has 1 N–H and O–H groups in total. The van der Waals surface area contributed by atoms with E-state index in [2.05, 4.69) is 19.2 Å². The van der Waals surface area contributed by atoms with E-state index in [9.17, 15) is 9.59 Å². The Bertz CT molecular complexity index is 278. The van der Waals surface area contributed by atoms with Gasteiger partial charge in [-0.05, 0) is 12.5 Å². The molecule has 1 heterocycles. The second-order valence-electron chi connectivity index (χ2n) is 4.81. The highest BCUT2D eigenvalue weighted by Gasteiger charge is 2.33. The van der Waals surface area contributed by atoms with Crippen LogP contribution in [0.2, 0.25) is 0 Å². The largest absolute Gasteiger partial charge is 0.326 e. The minimum absolute atomic E-state index is 0.0936. The third kappa shape index (κ3) is 3.20. The number of rotatable bonds is 5. The Kier molecular flexibility index (Phi) is 4.29. The summed E-state index contributed by atoms with van der Waals surface area (Å²) in [6, 6.07) is 0.247. The van der Waals surface area contributed by atoms with Crippen LogP contribution in [0.25, 0.3) is 0 Å². The maximum atomic E-state index is 11.6. The molecule has 1 aliphatic heterocycles. The van der Waals surface area contributed by atoms with Crippen molar-refractivity contribution in [3.05, 3.63) is 0 Å². The van der Waals surface area contributed by atoms with Crippen molar-refractivity contribution in [2.45, 2.75) is 26.8 Å². The number of nitrogens with one attached hydrogen (secondary N) is 1. The van der Waals surface area contributed by atoms with Gasteiger partial charge in [-0.15, -0.1) is 0 Å². The Morgan fingerprint density at radius 3 is 2.38 bits per heavy atom. The van der Waals surface area contributed by atoms with Crippen LogP contribution < -0.4 is 5.32 Å². The quantitative estimate of drug-likeness (QED) is 0.696. The van der Waals surface area contributed by atoms with Gasteiger partial charge in [-0.2, -0.15) is 0 Å². The van der Waals surface area contributed by atoms with E-state index in [1.165, 1.54) is 9.80 Å². The molecule has 3 amide bonds. The topological polar surface area (TPSA) is 52.7 Å². The number of amides is 3. The summed E-state index contributed by atoms with van der Waals surface area (Å²) >= 11 is 0. The number of likely N-dealkylation sites (N-methyl/N-ethyl adjacent to an activating group) is 1. The smallest absolute Gasteiger partial charge is 0.318 e. The molecule has 1 rings (SSSR count). The number of hydrogen-bond acceptors (Lipinski definition) is 3. The predicted octanol–water partition coefficient (Wildman–Crippen LogP) is 0.515. The van der Waals surface area contributed by atoms with Gasteiger partial charge < -0.3 is 10.2 Å². The fraction of sp³-hybridized carbons (Fsp3) is 0.818. The van der Waals surface area contributed by atoms with Crippen LogP contribution >= 0.6 is 0 Å². The summed E-state index contributed by atoms with van der Waals surface area (Å²) < 4.78 is 0. The van der Waals surface area contributed by atoms with Gasteiger partial charge in [-0.3, -0.25) is 9.69 Å². The third-order valence-corrected chi connectivity index (χ3v) is 2.60. The SMILES string of the molecule is CC(CNC(C)C)CN1C(=O)CN(C)C1=O. The minimum Gasteiger partial charge on any atom is -0.318 e. The average molecular weight is 227 g/mol. The van der Waals surface area contributed by atoms with Gasteiger partial charge in [-0.1, -0.05) is 20.8 Å². The molecule has 1 fully saturated rings. The van der Waals surface area contributed by atoms with E-state index in [0.29, 0.717) is 12.6 Å². The molecule has 1 unspecified atom stereocenters. The Morgan fingerprint density at radius 2 is 1.94 bits per heavy atom. The summed E-state index contributed by atoms with van der Waals surface area (Å²) in [5.74, 6) is 0.186. The zero-order valence-corrected chi connectivity index (χ0v) is 10.5. The number of nitrogens with zero attached hydrogens (tertiary/aromatic N) is 2. The van der Waals surface area contributed by atoms with Crippen LogP contribution in [0.3, 0.4) is 0 Å². The van der Waals surface area contributed by atoms with E-state index in [1.807, 2.05) is 6.92 Å². The van der Waals surface area contributed by atoms with Crippen LogP contribution in [0.1, 0.15) is 20.8 Å². The van der Waals surface area contributed by atoms with Crippen LogP contribution in [0.5, 0.6) is 0 Å². The Hall–Kier alpha value is -1.10. The maximum Gasteiger partial charge on any atom is 0.326 e. The van der Waals surface area contributed by atoms with Crippen molar-refractivity contribution >= 4 is 11.9 Å². The molecule has 0 aromatic heterocycles. The average Bonchev–Trinajstić information content (AvgIpc) is 2.42. The summed E-state index contributed by atoms with van der Waals surface area (Å²) in [4.78, 5) is 25.9. The fourth-order valence-corrected chi connectivity index (χ4v) is 1.66. The molecule has 16 heavy (non-hydrogen) atoms. The normalized spacial score (nSPS) is 18.8. The van der Waals surface area contributed by atoms with Crippen molar-refractivity contribution in [1.29, 1.82) is 0 Å². The molecule has 1 saturated heterocycles. The standard InChI is InChI=1S/C11H21N3O2/c1-8(2)12-5-9(3)6-14-10(15)7-13(4)11(14)16/h8-9,12H,5-7H2,1-4H3. The molecule has 0 aliphatic carbocycles. The summed E-state index contributed by atoms with van der Waals surface area (Å²) in [6.07, 6.45) is 0. The first-order valence-corrected chi connectivity index (χ1v) is 5.70. The predicted molar refractivity (Wildman–Crippen MR) is 62.0 cm³/mol. The van der Waals surface area contributed by atoms with Crippen LogP contribution in [-0.4, -0.2) is 54.5 Å². The van der Waals surface area contributed by atoms with Gasteiger partial charge in [0.1, 0.15) is 6.54 Å². The van der Waals surface area contributed by atoms with Gasteiger partial charge in [0.05, 0.1) is 0 Å². The van der Waals surface area contributed by atoms with Crippen LogP contribution in [0, 0.1) is 5.92 Å². The first kappa shape index (κ1) is 13.0. The Balaban J connectivity index is 2.41. The molecule has 0 aromatic carbocycles. The van der Waals surface area contributed by atoms with Gasteiger partial charge in [-0.25, -0.2) is 4.79 Å². The highest BCUT2D eigenvalue weighted by molar-refractivity contribution is 6.01. The first-order chi connectivity index (χ1) is 7.41. The molecule has 1 aliphatic rings. The number of urea groups is 1. The maximum absolute atomic E-state index is 11.6. The van der Waals surface area contributed by atoms with Gasteiger partial charge in [0, 0.05) is 19.6 Å².